The summed E-state index contributed by atoms with van der Waals surface area (Å²) in [6.45, 7) is 8.49. The molecule has 1 rings (SSSR count). The Morgan fingerprint density at radius 1 is 1.65 bits per heavy atom. The number of nitrogens with zero attached hydrogens (tertiary/aromatic N) is 3. The first-order chi connectivity index (χ1) is 8.10. The van der Waals surface area contributed by atoms with E-state index in [-0.39, 0.29) is 0 Å². The van der Waals surface area contributed by atoms with Gasteiger partial charge in [-0.2, -0.15) is 5.10 Å². The van der Waals surface area contributed by atoms with Crippen LogP contribution in [0.5, 0.6) is 0 Å². The minimum absolute atomic E-state index is 0.800. The zero-order valence-corrected chi connectivity index (χ0v) is 13.7. The summed E-state index contributed by atoms with van der Waals surface area (Å²) in [6, 6.07) is 2.04. The Hall–Kier alpha value is -0.430. The number of aromatic nitrogens is 1. The van der Waals surface area contributed by atoms with Crippen molar-refractivity contribution in [3.63, 3.8) is 0 Å². The molecule has 0 aliphatic rings. The molecular formula is C12H15BrIN3. The predicted molar refractivity (Wildman–Crippen MR) is 84.2 cm³/mol. The molecule has 0 radical (unpaired) electrons. The Kier molecular flexibility index (Phi) is 6.11. The van der Waals surface area contributed by atoms with Gasteiger partial charge >= 0.3 is 0 Å². The molecule has 0 saturated heterocycles. The van der Waals surface area contributed by atoms with E-state index >= 15 is 0 Å². The van der Waals surface area contributed by atoms with E-state index in [2.05, 4.69) is 62.2 Å². The van der Waals surface area contributed by atoms with Crippen LogP contribution in [0.15, 0.2) is 33.7 Å². The highest BCUT2D eigenvalue weighted by Gasteiger charge is 2.08. The van der Waals surface area contributed by atoms with Crippen LogP contribution in [0.4, 0.5) is 0 Å². The molecular weight excluding hydrogens is 393 g/mol. The van der Waals surface area contributed by atoms with E-state index in [9.17, 15) is 0 Å². The second-order valence-electron chi connectivity index (χ2n) is 3.57. The van der Waals surface area contributed by atoms with Gasteiger partial charge in [0.2, 0.25) is 0 Å². The highest BCUT2D eigenvalue weighted by atomic mass is 127. The lowest BCUT2D eigenvalue weighted by Gasteiger charge is -2.18. The molecule has 3 nitrogen and oxygen atoms in total. The van der Waals surface area contributed by atoms with Crippen LogP contribution in [0.3, 0.4) is 0 Å². The van der Waals surface area contributed by atoms with Crippen LogP contribution in [-0.2, 0) is 6.42 Å². The first kappa shape index (κ1) is 14.6. The highest BCUT2D eigenvalue weighted by Crippen LogP contribution is 2.22. The van der Waals surface area contributed by atoms with Crippen LogP contribution < -0.4 is 0 Å². The lowest BCUT2D eigenvalue weighted by molar-refractivity contribution is 0.413. The molecule has 0 N–H and O–H groups in total. The van der Waals surface area contributed by atoms with Crippen LogP contribution in [-0.4, -0.2) is 23.3 Å². The number of allylic oxidation sites excluding steroid dienone is 1. The second-order valence-corrected chi connectivity index (χ2v) is 5.49. The topological polar surface area (TPSA) is 28.5 Å². The van der Waals surface area contributed by atoms with E-state index in [0.29, 0.717) is 0 Å². The lowest BCUT2D eigenvalue weighted by Crippen LogP contribution is -2.14. The number of hydrogen-bond donors (Lipinski definition) is 0. The fraction of sp³-hybridized carbons (Fsp3) is 0.333. The smallest absolute Gasteiger partial charge is 0.101 e. The molecule has 5 heteroatoms. The summed E-state index contributed by atoms with van der Waals surface area (Å²) in [4.78, 5) is 4.09. The molecule has 0 unspecified atom stereocenters. The van der Waals surface area contributed by atoms with Gasteiger partial charge in [-0.15, -0.1) is 0 Å². The summed E-state index contributed by atoms with van der Waals surface area (Å²) < 4.78 is 2.17. The molecule has 0 aliphatic heterocycles. The Labute approximate surface area is 124 Å². The van der Waals surface area contributed by atoms with Crippen molar-refractivity contribution < 1.29 is 0 Å². The van der Waals surface area contributed by atoms with Crippen LogP contribution >= 0.6 is 38.5 Å². The summed E-state index contributed by atoms with van der Waals surface area (Å²) in [5.41, 5.74) is 2.50. The average Bonchev–Trinajstić information content (AvgIpc) is 2.33. The zero-order valence-electron chi connectivity index (χ0n) is 9.95. The van der Waals surface area contributed by atoms with E-state index in [4.69, 9.17) is 0 Å². The maximum absolute atomic E-state index is 4.09. The van der Waals surface area contributed by atoms with Gasteiger partial charge in [-0.25, -0.2) is 0 Å². The molecule has 0 fully saturated rings. The molecule has 0 spiro atoms. The molecule has 0 amide bonds. The van der Waals surface area contributed by atoms with Crippen molar-refractivity contribution >= 4 is 45.2 Å². The molecule has 1 aromatic heterocycles. The van der Waals surface area contributed by atoms with Crippen LogP contribution in [0.2, 0.25) is 0 Å². The summed E-state index contributed by atoms with van der Waals surface area (Å²) >= 11 is 5.87. The van der Waals surface area contributed by atoms with Gasteiger partial charge in [0.05, 0.1) is 0 Å². The average molecular weight is 408 g/mol. The van der Waals surface area contributed by atoms with Gasteiger partial charge in [-0.05, 0) is 76.0 Å². The fourth-order valence-electron chi connectivity index (χ4n) is 1.43. The van der Waals surface area contributed by atoms with Gasteiger partial charge in [0.25, 0.3) is 0 Å². The van der Waals surface area contributed by atoms with Crippen molar-refractivity contribution in [2.45, 2.75) is 20.3 Å². The summed E-state index contributed by atoms with van der Waals surface area (Å²) in [7, 11) is 0. The number of pyridine rings is 1. The molecule has 0 saturated carbocycles. The maximum Gasteiger partial charge on any atom is 0.101 e. The van der Waals surface area contributed by atoms with E-state index in [1.165, 1.54) is 14.7 Å². The van der Waals surface area contributed by atoms with Crippen molar-refractivity contribution in [1.29, 1.82) is 0 Å². The van der Waals surface area contributed by atoms with Gasteiger partial charge < -0.3 is 0 Å². The number of halogens is 2. The van der Waals surface area contributed by atoms with Crippen molar-refractivity contribution in [1.82, 2.24) is 9.99 Å². The maximum atomic E-state index is 4.09. The van der Waals surface area contributed by atoms with E-state index in [0.717, 1.165) is 17.6 Å². The number of hydrazone groups is 1. The normalized spacial score (nSPS) is 12.0. The Bertz CT molecular complexity index is 432. The lowest BCUT2D eigenvalue weighted by atomic mass is 10.1. The van der Waals surface area contributed by atoms with Crippen molar-refractivity contribution in [2.24, 2.45) is 5.10 Å². The van der Waals surface area contributed by atoms with Crippen LogP contribution in [0.25, 0.3) is 0 Å². The first-order valence-electron chi connectivity index (χ1n) is 5.28. The van der Waals surface area contributed by atoms with Crippen molar-refractivity contribution in [2.75, 3.05) is 6.54 Å². The molecule has 17 heavy (non-hydrogen) atoms. The largest absolute Gasteiger partial charge is 0.264 e. The molecule has 1 aromatic rings. The summed E-state index contributed by atoms with van der Waals surface area (Å²) in [5, 5.41) is 5.79. The van der Waals surface area contributed by atoms with E-state index < -0.39 is 0 Å². The summed E-state index contributed by atoms with van der Waals surface area (Å²) in [6.07, 6.45) is 4.58. The zero-order chi connectivity index (χ0) is 12.8. The Morgan fingerprint density at radius 3 is 2.88 bits per heavy atom. The molecule has 1 heterocycles. The third-order valence-electron chi connectivity index (χ3n) is 2.36. The standard InChI is InChI=1S/C12H15BrIN3/c1-4-17(15-3)12(13)9(2)7-10-5-6-16-8-11(10)14/h5-6,8H,3-4,7H2,1-2H3/b12-9+. The molecule has 0 aromatic carbocycles. The molecule has 0 atom stereocenters. The fourth-order valence-corrected chi connectivity index (χ4v) is 2.46. The van der Waals surface area contributed by atoms with Gasteiger partial charge in [0.1, 0.15) is 4.61 Å². The van der Waals surface area contributed by atoms with Crippen LogP contribution in [0, 0.1) is 3.57 Å². The molecule has 92 valence electrons. The Morgan fingerprint density at radius 2 is 2.35 bits per heavy atom. The first-order valence-corrected chi connectivity index (χ1v) is 7.15. The number of hydrogen-bond acceptors (Lipinski definition) is 3. The van der Waals surface area contributed by atoms with E-state index in [1.54, 1.807) is 0 Å². The highest BCUT2D eigenvalue weighted by molar-refractivity contribution is 14.1. The summed E-state index contributed by atoms with van der Waals surface area (Å²) in [5.74, 6) is 0. The predicted octanol–water partition coefficient (Wildman–Crippen LogP) is 3.79. The van der Waals surface area contributed by atoms with Crippen molar-refractivity contribution in [3.8, 4) is 0 Å². The van der Waals surface area contributed by atoms with E-state index in [1.807, 2.05) is 30.4 Å². The molecule has 0 bridgehead atoms. The quantitative estimate of drug-likeness (QED) is 0.321. The third kappa shape index (κ3) is 4.06. The van der Waals surface area contributed by atoms with Gasteiger partial charge in [0, 0.05) is 29.2 Å². The monoisotopic (exact) mass is 407 g/mol. The molecule has 0 aliphatic carbocycles. The SMILES string of the molecule is C=NN(CC)/C(Br)=C(\C)Cc1ccncc1I. The minimum atomic E-state index is 0.800. The number of rotatable bonds is 5. The van der Waals surface area contributed by atoms with Gasteiger partial charge in [-0.1, -0.05) is 0 Å². The van der Waals surface area contributed by atoms with Gasteiger partial charge in [-0.3, -0.25) is 9.99 Å². The van der Waals surface area contributed by atoms with Crippen LogP contribution in [0.1, 0.15) is 19.4 Å². The Balaban J connectivity index is 2.91. The minimum Gasteiger partial charge on any atom is -0.264 e. The second kappa shape index (κ2) is 7.10. The van der Waals surface area contributed by atoms with Crippen molar-refractivity contribution in [3.05, 3.63) is 37.8 Å². The third-order valence-corrected chi connectivity index (χ3v) is 4.42. The van der Waals surface area contributed by atoms with Gasteiger partial charge in [0.15, 0.2) is 0 Å².